The van der Waals surface area contributed by atoms with E-state index in [1.54, 1.807) is 18.9 Å². The highest BCUT2D eigenvalue weighted by Crippen LogP contribution is 2.37. The zero-order valence-electron chi connectivity index (χ0n) is 9.92. The van der Waals surface area contributed by atoms with Gasteiger partial charge in [0.05, 0.1) is 17.4 Å². The largest absolute Gasteiger partial charge is 0.383 e. The lowest BCUT2D eigenvalue weighted by Gasteiger charge is -2.25. The molecule has 1 fully saturated rings. The summed E-state index contributed by atoms with van der Waals surface area (Å²) in [6, 6.07) is 0.120. The normalized spacial score (nSPS) is 26.7. The highest BCUT2D eigenvalue weighted by molar-refractivity contribution is 9.09. The second kappa shape index (κ2) is 6.87. The summed E-state index contributed by atoms with van der Waals surface area (Å²) < 4.78 is 4.89. The Bertz CT molecular complexity index is 226. The molecule has 0 bridgehead atoms. The number of amides is 1. The van der Waals surface area contributed by atoms with Crippen LogP contribution in [0.2, 0.25) is 0 Å². The monoisotopic (exact) mass is 309 g/mol. The summed E-state index contributed by atoms with van der Waals surface area (Å²) in [5.74, 6) is 1.26. The molecule has 16 heavy (non-hydrogen) atoms. The number of rotatable bonds is 6. The van der Waals surface area contributed by atoms with Gasteiger partial charge in [0.2, 0.25) is 5.91 Å². The van der Waals surface area contributed by atoms with Crippen LogP contribution in [0.3, 0.4) is 0 Å². The van der Waals surface area contributed by atoms with E-state index >= 15 is 0 Å². The quantitative estimate of drug-likeness (QED) is 0.764. The molecule has 1 rings (SSSR count). The maximum atomic E-state index is 12.1. The molecule has 1 aliphatic rings. The maximum absolute atomic E-state index is 12.1. The van der Waals surface area contributed by atoms with Gasteiger partial charge in [-0.1, -0.05) is 15.9 Å². The van der Waals surface area contributed by atoms with Crippen LogP contribution in [0.4, 0.5) is 0 Å². The molecule has 0 spiro atoms. The van der Waals surface area contributed by atoms with Crippen LogP contribution in [0.1, 0.15) is 26.2 Å². The van der Waals surface area contributed by atoms with Crippen molar-refractivity contribution >= 4 is 33.6 Å². The molecule has 94 valence electrons. The molecule has 3 nitrogen and oxygen atoms in total. The molecule has 0 radical (unpaired) electrons. The topological polar surface area (TPSA) is 38.3 Å². The molecule has 5 heteroatoms. The summed E-state index contributed by atoms with van der Waals surface area (Å²) in [4.78, 5) is 12.1. The van der Waals surface area contributed by atoms with Gasteiger partial charge in [-0.05, 0) is 31.9 Å². The Morgan fingerprint density at radius 1 is 1.69 bits per heavy atom. The Balaban J connectivity index is 2.46. The van der Waals surface area contributed by atoms with Gasteiger partial charge in [0.15, 0.2) is 0 Å². The molecule has 1 N–H and O–H groups in total. The number of nitrogens with one attached hydrogen (secondary N) is 1. The van der Waals surface area contributed by atoms with E-state index in [-0.39, 0.29) is 16.7 Å². The van der Waals surface area contributed by atoms with Gasteiger partial charge in [-0.15, -0.1) is 11.8 Å². The highest BCUT2D eigenvalue weighted by Gasteiger charge is 2.37. The van der Waals surface area contributed by atoms with Crippen molar-refractivity contribution < 1.29 is 9.53 Å². The van der Waals surface area contributed by atoms with Gasteiger partial charge in [-0.25, -0.2) is 0 Å². The van der Waals surface area contributed by atoms with Crippen molar-refractivity contribution in [3.05, 3.63) is 0 Å². The van der Waals surface area contributed by atoms with E-state index in [4.69, 9.17) is 4.74 Å². The number of alkyl halides is 1. The number of thioether (sulfide) groups is 1. The third kappa shape index (κ3) is 3.93. The molecular weight excluding hydrogens is 290 g/mol. The van der Waals surface area contributed by atoms with E-state index in [1.165, 1.54) is 0 Å². The van der Waals surface area contributed by atoms with E-state index < -0.39 is 0 Å². The van der Waals surface area contributed by atoms with Crippen LogP contribution in [-0.4, -0.2) is 41.5 Å². The van der Waals surface area contributed by atoms with E-state index in [9.17, 15) is 4.79 Å². The van der Waals surface area contributed by atoms with Gasteiger partial charge in [-0.3, -0.25) is 4.79 Å². The minimum Gasteiger partial charge on any atom is -0.383 e. The van der Waals surface area contributed by atoms with E-state index in [0.717, 1.165) is 30.3 Å². The van der Waals surface area contributed by atoms with Gasteiger partial charge in [0.1, 0.15) is 0 Å². The first kappa shape index (κ1) is 14.3. The molecule has 1 saturated heterocycles. The summed E-state index contributed by atoms with van der Waals surface area (Å²) in [6.45, 7) is 2.62. The van der Waals surface area contributed by atoms with Crippen LogP contribution >= 0.6 is 27.7 Å². The summed E-state index contributed by atoms with van der Waals surface area (Å²) in [7, 11) is 1.67. The van der Waals surface area contributed by atoms with Gasteiger partial charge >= 0.3 is 0 Å². The number of hydrogen-bond acceptors (Lipinski definition) is 3. The van der Waals surface area contributed by atoms with E-state index in [2.05, 4.69) is 21.2 Å². The number of halogens is 1. The Hall–Kier alpha value is 0.260. The molecule has 2 atom stereocenters. The number of ether oxygens (including phenoxy) is 1. The fourth-order valence-corrected chi connectivity index (χ4v) is 3.60. The molecule has 1 aliphatic heterocycles. The fourth-order valence-electron chi connectivity index (χ4n) is 1.83. The van der Waals surface area contributed by atoms with Crippen LogP contribution in [0, 0.1) is 0 Å². The maximum Gasteiger partial charge on any atom is 0.236 e. The molecule has 1 heterocycles. The predicted octanol–water partition coefficient (Wildman–Crippen LogP) is 2.19. The van der Waals surface area contributed by atoms with Gasteiger partial charge in [0, 0.05) is 12.4 Å². The average molecular weight is 310 g/mol. The summed E-state index contributed by atoms with van der Waals surface area (Å²) in [5.41, 5.74) is 0. The van der Waals surface area contributed by atoms with Crippen molar-refractivity contribution in [2.24, 2.45) is 0 Å². The predicted molar refractivity (Wildman–Crippen MR) is 72.3 cm³/mol. The minimum atomic E-state index is -0.224. The molecule has 1 amide bonds. The van der Waals surface area contributed by atoms with Crippen LogP contribution in [-0.2, 0) is 9.53 Å². The first-order chi connectivity index (χ1) is 7.62. The first-order valence-electron chi connectivity index (χ1n) is 5.62. The Morgan fingerprint density at radius 2 is 2.44 bits per heavy atom. The molecule has 0 saturated carbocycles. The summed E-state index contributed by atoms with van der Waals surface area (Å²) in [6.07, 6.45) is 3.03. The minimum absolute atomic E-state index is 0.120. The van der Waals surface area contributed by atoms with Gasteiger partial charge < -0.3 is 10.1 Å². The average Bonchev–Trinajstić information content (AvgIpc) is 2.67. The lowest BCUT2D eigenvalue weighted by Crippen LogP contribution is -2.47. The SMILES string of the molecule is COCC(CCBr)NC(=O)C1(C)CCCS1. The van der Waals surface area contributed by atoms with E-state index in [1.807, 2.05) is 6.92 Å². The standard InChI is InChI=1S/C11H20BrNO2S/c1-11(5-3-7-16-11)10(14)13-9(4-6-12)8-15-2/h9H,3-8H2,1-2H3,(H,13,14). The zero-order valence-corrected chi connectivity index (χ0v) is 12.3. The molecule has 0 aromatic carbocycles. The second-order valence-corrected chi connectivity index (χ2v) is 6.68. The van der Waals surface area contributed by atoms with Crippen molar-refractivity contribution in [2.75, 3.05) is 24.8 Å². The van der Waals surface area contributed by atoms with Crippen molar-refractivity contribution in [1.29, 1.82) is 0 Å². The summed E-state index contributed by atoms with van der Waals surface area (Å²) in [5, 5.41) is 3.97. The van der Waals surface area contributed by atoms with Crippen molar-refractivity contribution in [3.63, 3.8) is 0 Å². The van der Waals surface area contributed by atoms with Gasteiger partial charge in [0.25, 0.3) is 0 Å². The Morgan fingerprint density at radius 3 is 2.94 bits per heavy atom. The molecule has 0 aromatic rings. The molecule has 2 unspecified atom stereocenters. The first-order valence-corrected chi connectivity index (χ1v) is 7.73. The fraction of sp³-hybridized carbons (Fsp3) is 0.909. The second-order valence-electron chi connectivity index (χ2n) is 4.29. The molecule has 0 aliphatic carbocycles. The Labute approximate surface area is 110 Å². The number of carbonyl (C=O) groups is 1. The molecule has 0 aromatic heterocycles. The van der Waals surface area contributed by atoms with Crippen LogP contribution in [0.25, 0.3) is 0 Å². The third-order valence-electron chi connectivity index (χ3n) is 2.86. The summed E-state index contributed by atoms with van der Waals surface area (Å²) >= 11 is 5.16. The van der Waals surface area contributed by atoms with E-state index in [0.29, 0.717) is 6.61 Å². The number of hydrogen-bond donors (Lipinski definition) is 1. The van der Waals surface area contributed by atoms with Crippen molar-refractivity contribution in [3.8, 4) is 0 Å². The highest BCUT2D eigenvalue weighted by atomic mass is 79.9. The van der Waals surface area contributed by atoms with Crippen LogP contribution in [0.15, 0.2) is 0 Å². The lowest BCUT2D eigenvalue weighted by atomic mass is 10.0. The Kier molecular flexibility index (Phi) is 6.15. The van der Waals surface area contributed by atoms with Crippen molar-refractivity contribution in [1.82, 2.24) is 5.32 Å². The molecular formula is C11H20BrNO2S. The number of carbonyl (C=O) groups excluding carboxylic acids is 1. The number of methoxy groups -OCH3 is 1. The van der Waals surface area contributed by atoms with Crippen LogP contribution in [0.5, 0.6) is 0 Å². The van der Waals surface area contributed by atoms with Crippen LogP contribution < -0.4 is 5.32 Å². The van der Waals surface area contributed by atoms with Crippen molar-refractivity contribution in [2.45, 2.75) is 37.0 Å². The smallest absolute Gasteiger partial charge is 0.236 e. The zero-order chi connectivity index (χ0) is 12.0. The third-order valence-corrected chi connectivity index (χ3v) is 4.84. The lowest BCUT2D eigenvalue weighted by molar-refractivity contribution is -0.124. The van der Waals surface area contributed by atoms with Gasteiger partial charge in [-0.2, -0.15) is 0 Å².